The van der Waals surface area contributed by atoms with Crippen LogP contribution in [-0.4, -0.2) is 27.3 Å². The van der Waals surface area contributed by atoms with Crippen LogP contribution in [0.3, 0.4) is 0 Å². The van der Waals surface area contributed by atoms with Crippen molar-refractivity contribution in [2.24, 2.45) is 5.73 Å². The molecule has 7 heteroatoms. The van der Waals surface area contributed by atoms with Gasteiger partial charge in [0.25, 0.3) is 11.7 Å². The summed E-state index contributed by atoms with van der Waals surface area (Å²) in [5.74, 6) is -2.54. The van der Waals surface area contributed by atoms with Gasteiger partial charge in [0.1, 0.15) is 12.4 Å². The van der Waals surface area contributed by atoms with Crippen molar-refractivity contribution in [3.63, 3.8) is 0 Å². The van der Waals surface area contributed by atoms with Crippen LogP contribution in [0, 0.1) is 0 Å². The Balaban J connectivity index is 2.28. The molecule has 3 N–H and O–H groups in total. The minimum Gasteiger partial charge on any atom is -0.507 e. The number of ether oxygens (including phenoxy) is 1. The van der Waals surface area contributed by atoms with E-state index in [0.29, 0.717) is 29.7 Å². The van der Waals surface area contributed by atoms with Gasteiger partial charge in [0.15, 0.2) is 0 Å². The lowest BCUT2D eigenvalue weighted by Gasteiger charge is -2.11. The largest absolute Gasteiger partial charge is 0.507 e. The summed E-state index contributed by atoms with van der Waals surface area (Å²) < 4.78 is 6.93. The second-order valence-electron chi connectivity index (χ2n) is 6.73. The smallest absolute Gasteiger partial charge is 0.302 e. The van der Waals surface area contributed by atoms with Gasteiger partial charge in [0, 0.05) is 19.2 Å². The number of esters is 1. The highest BCUT2D eigenvalue weighted by Crippen LogP contribution is 2.36. The lowest BCUT2D eigenvalue weighted by atomic mass is 10.0. The minimum absolute atomic E-state index is 0.0179. The number of aromatic nitrogens is 1. The van der Waals surface area contributed by atoms with Gasteiger partial charge in [-0.25, -0.2) is 0 Å². The molecular formula is C22H22N2O5. The Bertz CT molecular complexity index is 1100. The SMILES string of the molecule is CCc1c(C(=O)C(N)=O)c2c(O)cc(COC(C)=O)cc2n1Cc1ccccc1. The van der Waals surface area contributed by atoms with E-state index in [1.165, 1.54) is 13.0 Å². The molecule has 0 aliphatic rings. The van der Waals surface area contributed by atoms with Gasteiger partial charge < -0.3 is 20.1 Å². The van der Waals surface area contributed by atoms with Crippen LogP contribution in [0.4, 0.5) is 0 Å². The van der Waals surface area contributed by atoms with Crippen LogP contribution in [0.2, 0.25) is 0 Å². The third-order valence-corrected chi connectivity index (χ3v) is 4.72. The highest BCUT2D eigenvalue weighted by Gasteiger charge is 2.27. The molecule has 0 spiro atoms. The molecule has 2 aromatic carbocycles. The predicted octanol–water partition coefficient (Wildman–Crippen LogP) is 2.69. The van der Waals surface area contributed by atoms with Crippen molar-refractivity contribution in [1.29, 1.82) is 0 Å². The lowest BCUT2D eigenvalue weighted by Crippen LogP contribution is -2.24. The number of hydrogen-bond acceptors (Lipinski definition) is 5. The molecule has 3 rings (SSSR count). The Kier molecular flexibility index (Phi) is 5.68. The first-order chi connectivity index (χ1) is 13.8. The molecule has 1 amide bonds. The van der Waals surface area contributed by atoms with Crippen molar-refractivity contribution in [2.45, 2.75) is 33.4 Å². The number of carbonyl (C=O) groups is 3. The van der Waals surface area contributed by atoms with Gasteiger partial charge in [-0.15, -0.1) is 0 Å². The number of phenolic OH excluding ortho intramolecular Hbond substituents is 1. The van der Waals surface area contributed by atoms with E-state index in [9.17, 15) is 19.5 Å². The normalized spacial score (nSPS) is 10.8. The summed E-state index contributed by atoms with van der Waals surface area (Å²) in [5, 5.41) is 10.9. The zero-order valence-corrected chi connectivity index (χ0v) is 16.3. The zero-order valence-electron chi connectivity index (χ0n) is 16.3. The van der Waals surface area contributed by atoms with Crippen LogP contribution < -0.4 is 5.73 Å². The molecule has 7 nitrogen and oxygen atoms in total. The van der Waals surface area contributed by atoms with Crippen LogP contribution in [0.25, 0.3) is 10.9 Å². The predicted molar refractivity (Wildman–Crippen MR) is 108 cm³/mol. The fraction of sp³-hybridized carbons (Fsp3) is 0.227. The van der Waals surface area contributed by atoms with Crippen molar-refractivity contribution in [3.8, 4) is 5.75 Å². The molecule has 0 saturated heterocycles. The van der Waals surface area contributed by atoms with Crippen LogP contribution in [-0.2, 0) is 33.9 Å². The van der Waals surface area contributed by atoms with E-state index in [0.717, 1.165) is 5.56 Å². The van der Waals surface area contributed by atoms with Crippen LogP contribution in [0.5, 0.6) is 5.75 Å². The molecule has 0 bridgehead atoms. The molecule has 0 aliphatic heterocycles. The van der Waals surface area contributed by atoms with E-state index in [4.69, 9.17) is 10.5 Å². The highest BCUT2D eigenvalue weighted by atomic mass is 16.5. The number of phenols is 1. The number of nitrogens with two attached hydrogens (primary N) is 1. The number of fused-ring (bicyclic) bond motifs is 1. The van der Waals surface area contributed by atoms with Crippen LogP contribution in [0.1, 0.15) is 41.0 Å². The molecule has 0 radical (unpaired) electrons. The van der Waals surface area contributed by atoms with Crippen molar-refractivity contribution < 1.29 is 24.2 Å². The van der Waals surface area contributed by atoms with Gasteiger partial charge in [-0.1, -0.05) is 37.3 Å². The number of benzene rings is 2. The summed E-state index contributed by atoms with van der Waals surface area (Å²) in [7, 11) is 0. The number of carbonyl (C=O) groups excluding carboxylic acids is 3. The minimum atomic E-state index is -1.08. The maximum absolute atomic E-state index is 12.6. The molecule has 0 unspecified atom stereocenters. The maximum Gasteiger partial charge on any atom is 0.302 e. The topological polar surface area (TPSA) is 112 Å². The summed E-state index contributed by atoms with van der Waals surface area (Å²) in [6.07, 6.45) is 0.453. The summed E-state index contributed by atoms with van der Waals surface area (Å²) in [4.78, 5) is 35.4. The van der Waals surface area contributed by atoms with Crippen molar-refractivity contribution in [1.82, 2.24) is 4.57 Å². The molecule has 0 fully saturated rings. The van der Waals surface area contributed by atoms with Gasteiger partial charge in [-0.3, -0.25) is 14.4 Å². The second kappa shape index (κ2) is 8.18. The van der Waals surface area contributed by atoms with E-state index in [2.05, 4.69) is 0 Å². The van der Waals surface area contributed by atoms with Gasteiger partial charge in [-0.05, 0) is 29.7 Å². The van der Waals surface area contributed by atoms with Crippen molar-refractivity contribution >= 4 is 28.6 Å². The summed E-state index contributed by atoms with van der Waals surface area (Å²) in [6.45, 7) is 3.58. The number of nitrogens with zero attached hydrogens (tertiary/aromatic N) is 1. The van der Waals surface area contributed by atoms with Gasteiger partial charge in [-0.2, -0.15) is 0 Å². The molecule has 0 atom stereocenters. The molecule has 1 aromatic heterocycles. The number of ketones is 1. The molecular weight excluding hydrogens is 372 g/mol. The van der Waals surface area contributed by atoms with Crippen LogP contribution in [0.15, 0.2) is 42.5 Å². The van der Waals surface area contributed by atoms with E-state index in [1.54, 1.807) is 6.07 Å². The number of rotatable bonds is 7. The molecule has 1 heterocycles. The molecule has 150 valence electrons. The number of aromatic hydroxyl groups is 1. The first kappa shape index (κ1) is 20.1. The summed E-state index contributed by atoms with van der Waals surface area (Å²) >= 11 is 0. The van der Waals surface area contributed by atoms with Gasteiger partial charge in [0.2, 0.25) is 0 Å². The van der Waals surface area contributed by atoms with E-state index >= 15 is 0 Å². The Morgan fingerprint density at radius 1 is 1.10 bits per heavy atom. The molecule has 0 aliphatic carbocycles. The number of Topliss-reactive ketones (excluding diaryl/α,β-unsaturated/α-hetero) is 1. The molecule has 29 heavy (non-hydrogen) atoms. The Morgan fingerprint density at radius 3 is 2.38 bits per heavy atom. The summed E-state index contributed by atoms with van der Waals surface area (Å²) in [6, 6.07) is 12.8. The molecule has 3 aromatic rings. The first-order valence-electron chi connectivity index (χ1n) is 9.21. The van der Waals surface area contributed by atoms with E-state index in [1.807, 2.05) is 41.8 Å². The fourth-order valence-electron chi connectivity index (χ4n) is 3.51. The number of primary amides is 1. The number of amides is 1. The van der Waals surface area contributed by atoms with E-state index < -0.39 is 17.7 Å². The van der Waals surface area contributed by atoms with Crippen molar-refractivity contribution in [2.75, 3.05) is 0 Å². The Hall–Kier alpha value is -3.61. The lowest BCUT2D eigenvalue weighted by molar-refractivity contribution is -0.142. The zero-order chi connectivity index (χ0) is 21.1. The highest BCUT2D eigenvalue weighted by molar-refractivity contribution is 6.45. The number of hydrogen-bond donors (Lipinski definition) is 2. The monoisotopic (exact) mass is 394 g/mol. The summed E-state index contributed by atoms with van der Waals surface area (Å²) in [5.41, 5.74) is 8.11. The van der Waals surface area contributed by atoms with Crippen molar-refractivity contribution in [3.05, 3.63) is 64.8 Å². The van der Waals surface area contributed by atoms with Gasteiger partial charge in [0.05, 0.1) is 16.5 Å². The Labute approximate surface area is 167 Å². The quantitative estimate of drug-likeness (QED) is 0.364. The third-order valence-electron chi connectivity index (χ3n) is 4.72. The standard InChI is InChI=1S/C22H22N2O5/c1-3-16-20(21(27)22(23)28)19-17(24(16)11-14-7-5-4-6-8-14)9-15(10-18(19)26)12-29-13(2)25/h4-10,26H,3,11-12H2,1-2H3,(H2,23,28). The average Bonchev–Trinajstić information content (AvgIpc) is 3.00. The van der Waals surface area contributed by atoms with Crippen LogP contribution >= 0.6 is 0 Å². The maximum atomic E-state index is 12.6. The first-order valence-corrected chi connectivity index (χ1v) is 9.21. The molecule has 0 saturated carbocycles. The average molecular weight is 394 g/mol. The second-order valence-corrected chi connectivity index (χ2v) is 6.73. The fourth-order valence-corrected chi connectivity index (χ4v) is 3.51. The third kappa shape index (κ3) is 3.99. The van der Waals surface area contributed by atoms with Gasteiger partial charge >= 0.3 is 5.97 Å². The van der Waals surface area contributed by atoms with E-state index in [-0.39, 0.29) is 23.3 Å². The Morgan fingerprint density at radius 2 is 1.79 bits per heavy atom.